The molecule has 0 fully saturated rings. The van der Waals surface area contributed by atoms with Gasteiger partial charge in [-0.15, -0.1) is 0 Å². The van der Waals surface area contributed by atoms with Gasteiger partial charge >= 0.3 is 6.09 Å². The number of carbonyl (C=O) groups is 1. The molecule has 2 aromatic heterocycles. The third kappa shape index (κ3) is 5.69. The smallest absolute Gasteiger partial charge is 0.410 e. The summed E-state index contributed by atoms with van der Waals surface area (Å²) in [7, 11) is -2.59. The normalized spacial score (nSPS) is 12.0. The fourth-order valence-electron chi connectivity index (χ4n) is 2.95. The first-order valence-electron chi connectivity index (χ1n) is 9.94. The number of ether oxygens (including phenoxy) is 1. The molecule has 0 saturated heterocycles. The third-order valence-electron chi connectivity index (χ3n) is 4.52. The van der Waals surface area contributed by atoms with E-state index in [0.29, 0.717) is 5.56 Å². The summed E-state index contributed by atoms with van der Waals surface area (Å²) < 4.78 is 47.3. The Hall–Kier alpha value is -2.98. The first-order valence-corrected chi connectivity index (χ1v) is 11.8. The van der Waals surface area contributed by atoms with Crippen molar-refractivity contribution in [3.05, 3.63) is 64.8 Å². The van der Waals surface area contributed by atoms with Crippen LogP contribution in [0.4, 0.5) is 9.18 Å². The molecular formula is C22H24ClFN4O4S. The highest BCUT2D eigenvalue weighted by Crippen LogP contribution is 2.27. The predicted molar refractivity (Wildman–Crippen MR) is 121 cm³/mol. The van der Waals surface area contributed by atoms with Crippen molar-refractivity contribution >= 4 is 27.5 Å². The minimum Gasteiger partial charge on any atom is -0.444 e. The molecule has 0 saturated carbocycles. The van der Waals surface area contributed by atoms with E-state index in [0.717, 1.165) is 10.9 Å². The van der Waals surface area contributed by atoms with Gasteiger partial charge in [-0.3, -0.25) is 0 Å². The maximum atomic E-state index is 14.0. The van der Waals surface area contributed by atoms with Crippen molar-refractivity contribution in [3.63, 3.8) is 0 Å². The summed E-state index contributed by atoms with van der Waals surface area (Å²) in [6.45, 7) is 6.90. The van der Waals surface area contributed by atoms with Crippen molar-refractivity contribution in [2.45, 2.75) is 49.8 Å². The van der Waals surface area contributed by atoms with Gasteiger partial charge in [-0.1, -0.05) is 17.7 Å². The van der Waals surface area contributed by atoms with Crippen LogP contribution in [-0.4, -0.2) is 46.8 Å². The Balaban J connectivity index is 2.10. The maximum absolute atomic E-state index is 14.0. The molecule has 176 valence electrons. The average molecular weight is 495 g/mol. The van der Waals surface area contributed by atoms with E-state index in [9.17, 15) is 17.6 Å². The van der Waals surface area contributed by atoms with Gasteiger partial charge in [0, 0.05) is 19.3 Å². The molecule has 11 heteroatoms. The van der Waals surface area contributed by atoms with Crippen molar-refractivity contribution in [3.8, 4) is 5.69 Å². The van der Waals surface area contributed by atoms with Gasteiger partial charge in [0.1, 0.15) is 16.6 Å². The van der Waals surface area contributed by atoms with Crippen LogP contribution >= 0.6 is 11.6 Å². The zero-order valence-corrected chi connectivity index (χ0v) is 20.4. The Kier molecular flexibility index (Phi) is 6.80. The minimum absolute atomic E-state index is 0.0301. The third-order valence-corrected chi connectivity index (χ3v) is 6.44. The van der Waals surface area contributed by atoms with Crippen molar-refractivity contribution in [1.82, 2.24) is 19.7 Å². The molecule has 0 bridgehead atoms. The van der Waals surface area contributed by atoms with Crippen LogP contribution in [-0.2, 0) is 21.1 Å². The van der Waals surface area contributed by atoms with Gasteiger partial charge in [0.05, 0.1) is 22.8 Å². The summed E-state index contributed by atoms with van der Waals surface area (Å²) in [6.07, 6.45) is 0.547. The number of sulfone groups is 1. The molecule has 0 N–H and O–H groups in total. The van der Waals surface area contributed by atoms with Gasteiger partial charge in [-0.25, -0.2) is 27.3 Å². The minimum atomic E-state index is -4.11. The molecule has 3 aromatic rings. The first kappa shape index (κ1) is 24.7. The van der Waals surface area contributed by atoms with E-state index in [1.54, 1.807) is 27.7 Å². The number of amides is 1. The maximum Gasteiger partial charge on any atom is 0.410 e. The van der Waals surface area contributed by atoms with Crippen LogP contribution in [0, 0.1) is 12.7 Å². The van der Waals surface area contributed by atoms with Gasteiger partial charge in [-0.05, 0) is 57.5 Å². The van der Waals surface area contributed by atoms with Gasteiger partial charge in [0.2, 0.25) is 9.84 Å². The summed E-state index contributed by atoms with van der Waals surface area (Å²) in [6, 6.07) is 8.03. The molecule has 0 radical (unpaired) electrons. The first-order chi connectivity index (χ1) is 15.3. The lowest BCUT2D eigenvalue weighted by Gasteiger charge is -2.24. The standard InChI is InChI=1S/C22H24ClFN4O4S/c1-14-6-7-15(24)10-18(14)28-20(33(30,31)17-8-9-19(23)25-12-17)11-16(26-28)13-27(5)21(29)32-22(2,3)4/h6-12H,13H2,1-5H3. The van der Waals surface area contributed by atoms with Crippen molar-refractivity contribution in [1.29, 1.82) is 0 Å². The lowest BCUT2D eigenvalue weighted by molar-refractivity contribution is 0.0283. The number of carbonyl (C=O) groups excluding carboxylic acids is 1. The number of benzene rings is 1. The highest BCUT2D eigenvalue weighted by atomic mass is 35.5. The number of aryl methyl sites for hydroxylation is 1. The van der Waals surface area contributed by atoms with E-state index in [4.69, 9.17) is 16.3 Å². The topological polar surface area (TPSA) is 94.4 Å². The van der Waals surface area contributed by atoms with E-state index in [2.05, 4.69) is 10.1 Å². The lowest BCUT2D eigenvalue weighted by Crippen LogP contribution is -2.33. The van der Waals surface area contributed by atoms with Gasteiger partial charge < -0.3 is 9.64 Å². The molecular weight excluding hydrogens is 471 g/mol. The summed E-state index contributed by atoms with van der Waals surface area (Å²) in [4.78, 5) is 17.4. The average Bonchev–Trinajstić information content (AvgIpc) is 3.13. The quantitative estimate of drug-likeness (QED) is 0.482. The fraction of sp³-hybridized carbons (Fsp3) is 0.318. The lowest BCUT2D eigenvalue weighted by atomic mass is 10.2. The zero-order chi connectivity index (χ0) is 24.6. The largest absolute Gasteiger partial charge is 0.444 e. The van der Waals surface area contributed by atoms with Gasteiger partial charge in [0.15, 0.2) is 5.03 Å². The molecule has 0 atom stereocenters. The number of pyridine rings is 1. The van der Waals surface area contributed by atoms with Crippen molar-refractivity contribution < 1.29 is 22.3 Å². The number of hydrogen-bond donors (Lipinski definition) is 0. The number of halogens is 2. The molecule has 0 spiro atoms. The van der Waals surface area contributed by atoms with Crippen LogP contribution in [0.15, 0.2) is 52.5 Å². The van der Waals surface area contributed by atoms with E-state index in [1.807, 2.05) is 0 Å². The molecule has 0 aliphatic rings. The van der Waals surface area contributed by atoms with Crippen LogP contribution in [0.5, 0.6) is 0 Å². The molecule has 0 unspecified atom stereocenters. The van der Waals surface area contributed by atoms with Crippen LogP contribution in [0.1, 0.15) is 32.0 Å². The Morgan fingerprint density at radius 1 is 1.21 bits per heavy atom. The van der Waals surface area contributed by atoms with Crippen LogP contribution in [0.2, 0.25) is 5.15 Å². The van der Waals surface area contributed by atoms with Crippen molar-refractivity contribution in [2.75, 3.05) is 7.05 Å². The number of nitrogens with zero attached hydrogens (tertiary/aromatic N) is 4. The van der Waals surface area contributed by atoms with Gasteiger partial charge in [0.25, 0.3) is 0 Å². The van der Waals surface area contributed by atoms with Crippen molar-refractivity contribution in [2.24, 2.45) is 0 Å². The molecule has 8 nitrogen and oxygen atoms in total. The molecule has 33 heavy (non-hydrogen) atoms. The second kappa shape index (κ2) is 9.11. The number of hydrogen-bond acceptors (Lipinski definition) is 6. The Labute approximate surface area is 196 Å². The molecule has 0 aliphatic carbocycles. The van der Waals surface area contributed by atoms with E-state index in [-0.39, 0.29) is 33.0 Å². The molecule has 3 rings (SSSR count). The molecule has 2 heterocycles. The predicted octanol–water partition coefficient (Wildman–Crippen LogP) is 4.57. The van der Waals surface area contributed by atoms with E-state index >= 15 is 0 Å². The Morgan fingerprint density at radius 2 is 1.91 bits per heavy atom. The monoisotopic (exact) mass is 494 g/mol. The Bertz CT molecular complexity index is 1280. The van der Waals surface area contributed by atoms with Crippen LogP contribution in [0.3, 0.4) is 0 Å². The number of aromatic nitrogens is 3. The van der Waals surface area contributed by atoms with E-state index in [1.165, 1.54) is 48.3 Å². The van der Waals surface area contributed by atoms with Crippen LogP contribution in [0.25, 0.3) is 5.69 Å². The molecule has 1 aromatic carbocycles. The highest BCUT2D eigenvalue weighted by Gasteiger charge is 2.28. The fourth-order valence-corrected chi connectivity index (χ4v) is 4.40. The van der Waals surface area contributed by atoms with Crippen LogP contribution < -0.4 is 0 Å². The van der Waals surface area contributed by atoms with Gasteiger partial charge in [-0.2, -0.15) is 5.10 Å². The van der Waals surface area contributed by atoms with E-state index < -0.39 is 27.3 Å². The number of rotatable bonds is 5. The molecule has 1 amide bonds. The highest BCUT2D eigenvalue weighted by molar-refractivity contribution is 7.91. The molecule has 0 aliphatic heterocycles. The Morgan fingerprint density at radius 3 is 2.52 bits per heavy atom. The second-order valence-electron chi connectivity index (χ2n) is 8.47. The second-order valence-corrected chi connectivity index (χ2v) is 10.8. The summed E-state index contributed by atoms with van der Waals surface area (Å²) in [5.41, 5.74) is 0.436. The summed E-state index contributed by atoms with van der Waals surface area (Å²) >= 11 is 5.80. The zero-order valence-electron chi connectivity index (χ0n) is 18.8. The summed E-state index contributed by atoms with van der Waals surface area (Å²) in [5.74, 6) is -0.546. The SMILES string of the molecule is Cc1ccc(F)cc1-n1nc(CN(C)C(=O)OC(C)(C)C)cc1S(=O)(=O)c1ccc(Cl)nc1. The summed E-state index contributed by atoms with van der Waals surface area (Å²) in [5, 5.41) is 4.33.